The van der Waals surface area contributed by atoms with Crippen molar-refractivity contribution in [3.05, 3.63) is 65.2 Å². The Hall–Kier alpha value is -2.27. The summed E-state index contributed by atoms with van der Waals surface area (Å²) in [6.45, 7) is 0.796. The van der Waals surface area contributed by atoms with E-state index < -0.39 is 0 Å². The van der Waals surface area contributed by atoms with Crippen molar-refractivity contribution < 1.29 is 14.3 Å². The van der Waals surface area contributed by atoms with Gasteiger partial charge in [-0.25, -0.2) is 4.79 Å². The van der Waals surface area contributed by atoms with E-state index in [1.807, 2.05) is 35.2 Å². The van der Waals surface area contributed by atoms with Gasteiger partial charge in [-0.15, -0.1) is 11.8 Å². The molecule has 0 radical (unpaired) electrons. The van der Waals surface area contributed by atoms with Gasteiger partial charge in [0.15, 0.2) is 0 Å². The number of hydrogen-bond donors (Lipinski definition) is 0. The molecule has 0 saturated heterocycles. The number of esters is 1. The molecule has 130 valence electrons. The summed E-state index contributed by atoms with van der Waals surface area (Å²) >= 11 is 1.60. The van der Waals surface area contributed by atoms with E-state index in [0.29, 0.717) is 11.3 Å². The maximum atomic E-state index is 12.6. The minimum absolute atomic E-state index is 0.156. The number of hydrogen-bond acceptors (Lipinski definition) is 4. The molecule has 0 N–H and O–H groups in total. The Morgan fingerprint density at radius 2 is 1.88 bits per heavy atom. The summed E-state index contributed by atoms with van der Waals surface area (Å²) in [6, 6.07) is 15.5. The summed E-state index contributed by atoms with van der Waals surface area (Å²) in [6.07, 6.45) is 2.06. The average Bonchev–Trinajstić information content (AvgIpc) is 2.67. The number of thioether (sulfide) groups is 1. The van der Waals surface area contributed by atoms with Crippen molar-refractivity contribution in [3.8, 4) is 0 Å². The number of carbonyl (C=O) groups excluding carboxylic acids is 2. The molecule has 1 aliphatic rings. The number of amides is 1. The molecule has 1 amide bonds. The lowest BCUT2D eigenvalue weighted by atomic mass is 10.0. The van der Waals surface area contributed by atoms with Gasteiger partial charge in [-0.3, -0.25) is 4.79 Å². The largest absolute Gasteiger partial charge is 0.465 e. The molecule has 0 saturated carbocycles. The van der Waals surface area contributed by atoms with Crippen molar-refractivity contribution in [1.29, 1.82) is 0 Å². The molecular formula is C20H21NO3S. The fourth-order valence-electron chi connectivity index (χ4n) is 2.98. The Morgan fingerprint density at radius 3 is 2.64 bits per heavy atom. The first-order chi connectivity index (χ1) is 12.2. The molecule has 0 spiro atoms. The third kappa shape index (κ3) is 4.23. The van der Waals surface area contributed by atoms with Gasteiger partial charge in [0, 0.05) is 18.0 Å². The van der Waals surface area contributed by atoms with E-state index in [1.54, 1.807) is 23.9 Å². The van der Waals surface area contributed by atoms with Crippen molar-refractivity contribution in [2.45, 2.75) is 18.6 Å². The number of nitrogens with zero attached hydrogens (tertiary/aromatic N) is 1. The summed E-state index contributed by atoms with van der Waals surface area (Å²) in [7, 11) is 1.37. The molecule has 2 aromatic rings. The highest BCUT2D eigenvalue weighted by atomic mass is 32.2. The molecule has 0 bridgehead atoms. The Kier molecular flexibility index (Phi) is 5.76. The van der Waals surface area contributed by atoms with Gasteiger partial charge in [-0.2, -0.15) is 0 Å². The third-order valence-electron chi connectivity index (χ3n) is 4.28. The second-order valence-corrected chi connectivity index (χ2v) is 6.94. The lowest BCUT2D eigenvalue weighted by Gasteiger charge is -2.29. The van der Waals surface area contributed by atoms with Crippen LogP contribution >= 0.6 is 11.8 Å². The van der Waals surface area contributed by atoms with E-state index in [2.05, 4.69) is 6.07 Å². The van der Waals surface area contributed by atoms with E-state index in [9.17, 15) is 9.59 Å². The number of methoxy groups -OCH3 is 1. The zero-order valence-electron chi connectivity index (χ0n) is 14.2. The summed E-state index contributed by atoms with van der Waals surface area (Å²) < 4.78 is 4.69. The van der Waals surface area contributed by atoms with Crippen LogP contribution in [0.5, 0.6) is 0 Å². The third-order valence-corrected chi connectivity index (χ3v) is 5.27. The standard InChI is InChI=1S/C20H21NO3S/c1-24-20(23)17-10-8-15(9-11-17)13-25-14-19(22)21-12-4-6-16-5-2-3-7-18(16)21/h2-3,5,7-11H,4,6,12-14H2,1H3. The second kappa shape index (κ2) is 8.21. The number of rotatable bonds is 5. The van der Waals surface area contributed by atoms with Crippen molar-refractivity contribution in [2.75, 3.05) is 24.3 Å². The molecule has 0 fully saturated rings. The maximum absolute atomic E-state index is 12.6. The molecule has 0 aliphatic carbocycles. The minimum Gasteiger partial charge on any atom is -0.465 e. The molecule has 0 aromatic heterocycles. The van der Waals surface area contributed by atoms with Gasteiger partial charge < -0.3 is 9.64 Å². The SMILES string of the molecule is COC(=O)c1ccc(CSCC(=O)N2CCCc3ccccc32)cc1. The van der Waals surface area contributed by atoms with Crippen molar-refractivity contribution in [3.63, 3.8) is 0 Å². The fraction of sp³-hybridized carbons (Fsp3) is 0.300. The van der Waals surface area contributed by atoms with Crippen LogP contribution in [-0.4, -0.2) is 31.3 Å². The van der Waals surface area contributed by atoms with E-state index in [-0.39, 0.29) is 11.9 Å². The van der Waals surface area contributed by atoms with Crippen LogP contribution < -0.4 is 4.90 Å². The molecule has 1 aliphatic heterocycles. The number of fused-ring (bicyclic) bond motifs is 1. The van der Waals surface area contributed by atoms with E-state index >= 15 is 0 Å². The van der Waals surface area contributed by atoms with Gasteiger partial charge in [-0.1, -0.05) is 30.3 Å². The van der Waals surface area contributed by atoms with Crippen LogP contribution in [0.3, 0.4) is 0 Å². The minimum atomic E-state index is -0.335. The molecule has 25 heavy (non-hydrogen) atoms. The maximum Gasteiger partial charge on any atom is 0.337 e. The quantitative estimate of drug-likeness (QED) is 0.768. The zero-order valence-corrected chi connectivity index (χ0v) is 15.1. The fourth-order valence-corrected chi connectivity index (χ4v) is 3.84. The Balaban J connectivity index is 1.54. The van der Waals surface area contributed by atoms with Crippen LogP contribution in [0.4, 0.5) is 5.69 Å². The van der Waals surface area contributed by atoms with Crippen LogP contribution in [-0.2, 0) is 21.7 Å². The number of carbonyl (C=O) groups is 2. The number of anilines is 1. The molecule has 4 nitrogen and oxygen atoms in total. The molecule has 0 unspecified atom stereocenters. The first kappa shape index (κ1) is 17.5. The number of ether oxygens (including phenoxy) is 1. The van der Waals surface area contributed by atoms with Crippen molar-refractivity contribution in [1.82, 2.24) is 0 Å². The van der Waals surface area contributed by atoms with Gasteiger partial charge >= 0.3 is 5.97 Å². The Labute approximate surface area is 152 Å². The van der Waals surface area contributed by atoms with Crippen LogP contribution in [0, 0.1) is 0 Å². The number of para-hydroxylation sites is 1. The molecule has 5 heteroatoms. The highest BCUT2D eigenvalue weighted by Crippen LogP contribution is 2.27. The Morgan fingerprint density at radius 1 is 1.12 bits per heavy atom. The summed E-state index contributed by atoms with van der Waals surface area (Å²) in [5.41, 5.74) is 3.94. The van der Waals surface area contributed by atoms with E-state index in [1.165, 1.54) is 12.7 Å². The van der Waals surface area contributed by atoms with Crippen LogP contribution in [0.15, 0.2) is 48.5 Å². The number of aryl methyl sites for hydroxylation is 1. The highest BCUT2D eigenvalue weighted by molar-refractivity contribution is 7.99. The van der Waals surface area contributed by atoms with Gasteiger partial charge in [0.05, 0.1) is 18.4 Å². The monoisotopic (exact) mass is 355 g/mol. The van der Waals surface area contributed by atoms with Gasteiger partial charge in [0.25, 0.3) is 0 Å². The van der Waals surface area contributed by atoms with E-state index in [0.717, 1.165) is 36.4 Å². The smallest absolute Gasteiger partial charge is 0.337 e. The molecule has 2 aromatic carbocycles. The molecule has 1 heterocycles. The molecular weight excluding hydrogens is 334 g/mol. The normalized spacial score (nSPS) is 13.2. The first-order valence-corrected chi connectivity index (χ1v) is 9.48. The van der Waals surface area contributed by atoms with Crippen LogP contribution in [0.1, 0.15) is 27.9 Å². The predicted octanol–water partition coefficient (Wildman–Crippen LogP) is 3.69. The van der Waals surface area contributed by atoms with Gasteiger partial charge in [-0.05, 0) is 42.2 Å². The molecule has 3 rings (SSSR count). The van der Waals surface area contributed by atoms with Crippen molar-refractivity contribution >= 4 is 29.3 Å². The van der Waals surface area contributed by atoms with E-state index in [4.69, 9.17) is 4.74 Å². The second-order valence-electron chi connectivity index (χ2n) is 5.96. The topological polar surface area (TPSA) is 46.6 Å². The predicted molar refractivity (Wildman–Crippen MR) is 101 cm³/mol. The van der Waals surface area contributed by atoms with Crippen molar-refractivity contribution in [2.24, 2.45) is 0 Å². The zero-order chi connectivity index (χ0) is 17.6. The molecule has 0 atom stereocenters. The lowest BCUT2D eigenvalue weighted by molar-refractivity contribution is -0.116. The summed E-state index contributed by atoms with van der Waals surface area (Å²) in [5.74, 6) is 1.01. The highest BCUT2D eigenvalue weighted by Gasteiger charge is 2.21. The summed E-state index contributed by atoms with van der Waals surface area (Å²) in [4.78, 5) is 25.9. The average molecular weight is 355 g/mol. The first-order valence-electron chi connectivity index (χ1n) is 8.32. The summed E-state index contributed by atoms with van der Waals surface area (Å²) in [5, 5.41) is 0. The van der Waals surface area contributed by atoms with Crippen LogP contribution in [0.25, 0.3) is 0 Å². The van der Waals surface area contributed by atoms with Crippen LogP contribution in [0.2, 0.25) is 0 Å². The number of benzene rings is 2. The van der Waals surface area contributed by atoms with Gasteiger partial charge in [0.1, 0.15) is 0 Å². The Bertz CT molecular complexity index is 758. The lowest BCUT2D eigenvalue weighted by Crippen LogP contribution is -2.36. The van der Waals surface area contributed by atoms with Gasteiger partial charge in [0.2, 0.25) is 5.91 Å².